The molecule has 0 bridgehead atoms. The molecule has 0 atom stereocenters. The van der Waals surface area contributed by atoms with Crippen LogP contribution in [-0.2, 0) is 17.6 Å². The van der Waals surface area contributed by atoms with Gasteiger partial charge in [-0.25, -0.2) is 4.79 Å². The first-order valence-electron chi connectivity index (χ1n) is 8.29. The van der Waals surface area contributed by atoms with Crippen molar-refractivity contribution in [2.75, 3.05) is 11.9 Å². The third kappa shape index (κ3) is 3.24. The van der Waals surface area contributed by atoms with Crippen LogP contribution in [-0.4, -0.2) is 18.5 Å². The molecule has 0 spiro atoms. The summed E-state index contributed by atoms with van der Waals surface area (Å²) >= 11 is 1.49. The predicted molar refractivity (Wildman–Crippen MR) is 92.9 cm³/mol. The Bertz CT molecular complexity index is 759. The van der Waals surface area contributed by atoms with Gasteiger partial charge in [0.1, 0.15) is 10.8 Å². The molecule has 0 fully saturated rings. The molecule has 6 heteroatoms. The highest BCUT2D eigenvalue weighted by Gasteiger charge is 2.27. The van der Waals surface area contributed by atoms with E-state index in [1.807, 2.05) is 6.92 Å². The van der Waals surface area contributed by atoms with Crippen LogP contribution in [0.4, 0.5) is 5.00 Å². The Morgan fingerprint density at radius 2 is 2.12 bits per heavy atom. The largest absolute Gasteiger partial charge is 0.469 e. The van der Waals surface area contributed by atoms with Gasteiger partial charge in [-0.1, -0.05) is 6.92 Å². The van der Waals surface area contributed by atoms with Gasteiger partial charge in [0, 0.05) is 4.88 Å². The number of amides is 1. The summed E-state index contributed by atoms with van der Waals surface area (Å²) in [5.74, 6) is -0.0382. The lowest BCUT2D eigenvalue weighted by Crippen LogP contribution is -2.16. The zero-order valence-corrected chi connectivity index (χ0v) is 14.8. The average Bonchev–Trinajstić information content (AvgIpc) is 3.15. The Balaban J connectivity index is 1.91. The van der Waals surface area contributed by atoms with E-state index in [0.717, 1.165) is 37.7 Å². The number of thiophene rings is 1. The van der Waals surface area contributed by atoms with Crippen molar-refractivity contribution in [3.05, 3.63) is 39.7 Å². The predicted octanol–water partition coefficient (Wildman–Crippen LogP) is 4.35. The van der Waals surface area contributed by atoms with Gasteiger partial charge < -0.3 is 14.5 Å². The Morgan fingerprint density at radius 3 is 2.83 bits per heavy atom. The van der Waals surface area contributed by atoms with Gasteiger partial charge in [-0.2, -0.15) is 0 Å². The molecule has 0 unspecified atom stereocenters. The molecular weight excluding hydrogens is 326 g/mol. The lowest BCUT2D eigenvalue weighted by molar-refractivity contribution is 0.0505. The van der Waals surface area contributed by atoms with Crippen molar-refractivity contribution >= 4 is 28.2 Å². The second kappa shape index (κ2) is 7.21. The van der Waals surface area contributed by atoms with Gasteiger partial charge in [-0.3, -0.25) is 4.79 Å². The molecule has 1 N–H and O–H groups in total. The van der Waals surface area contributed by atoms with Crippen LogP contribution < -0.4 is 5.32 Å². The molecule has 2 heterocycles. The van der Waals surface area contributed by atoms with Gasteiger partial charge in [0.05, 0.1) is 24.0 Å². The van der Waals surface area contributed by atoms with Crippen molar-refractivity contribution in [3.63, 3.8) is 0 Å². The lowest BCUT2D eigenvalue weighted by atomic mass is 9.95. The summed E-state index contributed by atoms with van der Waals surface area (Å²) in [7, 11) is 0. The Morgan fingerprint density at radius 1 is 1.33 bits per heavy atom. The summed E-state index contributed by atoms with van der Waals surface area (Å²) in [5.41, 5.74) is 2.07. The highest BCUT2D eigenvalue weighted by molar-refractivity contribution is 7.17. The molecule has 0 aliphatic heterocycles. The van der Waals surface area contributed by atoms with Crippen LogP contribution in [0.15, 0.2) is 16.7 Å². The number of furan rings is 1. The van der Waals surface area contributed by atoms with E-state index in [4.69, 9.17) is 9.15 Å². The summed E-state index contributed by atoms with van der Waals surface area (Å²) in [6.45, 7) is 4.09. The number of carbonyl (C=O) groups excluding carboxylic acids is 2. The summed E-state index contributed by atoms with van der Waals surface area (Å²) in [6, 6.07) is 1.63. The van der Waals surface area contributed by atoms with Gasteiger partial charge in [-0.15, -0.1) is 11.3 Å². The SMILES string of the molecule is CCCOC(=O)c1c(NC(=O)c2ccoc2C)sc2c1CCCC2. The maximum absolute atomic E-state index is 12.5. The topological polar surface area (TPSA) is 68.5 Å². The van der Waals surface area contributed by atoms with Crippen molar-refractivity contribution in [2.45, 2.75) is 46.0 Å². The number of hydrogen-bond donors (Lipinski definition) is 1. The lowest BCUT2D eigenvalue weighted by Gasteiger charge is -2.12. The number of nitrogens with one attached hydrogen (secondary N) is 1. The number of hydrogen-bond acceptors (Lipinski definition) is 5. The van der Waals surface area contributed by atoms with Crippen LogP contribution in [0.25, 0.3) is 0 Å². The molecule has 128 valence electrons. The van der Waals surface area contributed by atoms with E-state index in [-0.39, 0.29) is 11.9 Å². The Kier molecular flexibility index (Phi) is 5.04. The van der Waals surface area contributed by atoms with Crippen molar-refractivity contribution in [3.8, 4) is 0 Å². The van der Waals surface area contributed by atoms with Crippen LogP contribution >= 0.6 is 11.3 Å². The number of ether oxygens (including phenoxy) is 1. The minimum atomic E-state index is -0.338. The summed E-state index contributed by atoms with van der Waals surface area (Å²) in [6.07, 6.45) is 6.25. The van der Waals surface area contributed by atoms with E-state index in [9.17, 15) is 9.59 Å². The van der Waals surface area contributed by atoms with Crippen LogP contribution in [0, 0.1) is 6.92 Å². The molecule has 3 rings (SSSR count). The molecule has 0 saturated carbocycles. The quantitative estimate of drug-likeness (QED) is 0.817. The molecule has 1 aliphatic carbocycles. The van der Waals surface area contributed by atoms with Crippen molar-refractivity contribution in [1.29, 1.82) is 0 Å². The van der Waals surface area contributed by atoms with Crippen molar-refractivity contribution < 1.29 is 18.7 Å². The fourth-order valence-electron chi connectivity index (χ4n) is 2.93. The monoisotopic (exact) mass is 347 g/mol. The number of anilines is 1. The van der Waals surface area contributed by atoms with Crippen LogP contribution in [0.2, 0.25) is 0 Å². The van der Waals surface area contributed by atoms with E-state index < -0.39 is 0 Å². The van der Waals surface area contributed by atoms with Crippen LogP contribution in [0.1, 0.15) is 63.1 Å². The highest BCUT2D eigenvalue weighted by Crippen LogP contribution is 2.38. The first-order valence-corrected chi connectivity index (χ1v) is 9.10. The summed E-state index contributed by atoms with van der Waals surface area (Å²) < 4.78 is 10.5. The summed E-state index contributed by atoms with van der Waals surface area (Å²) in [5, 5.41) is 3.48. The van der Waals surface area contributed by atoms with Gasteiger partial charge in [0.2, 0.25) is 0 Å². The molecule has 0 radical (unpaired) electrons. The Labute approximate surface area is 145 Å². The molecule has 1 aliphatic rings. The molecular formula is C18H21NO4S. The maximum atomic E-state index is 12.5. The van der Waals surface area contributed by atoms with E-state index in [1.54, 1.807) is 13.0 Å². The number of rotatable bonds is 5. The average molecular weight is 347 g/mol. The molecule has 0 saturated heterocycles. The smallest absolute Gasteiger partial charge is 0.341 e. The first kappa shape index (κ1) is 16.8. The number of aryl methyl sites for hydroxylation is 2. The first-order chi connectivity index (χ1) is 11.6. The van der Waals surface area contributed by atoms with E-state index in [0.29, 0.717) is 28.5 Å². The van der Waals surface area contributed by atoms with Gasteiger partial charge in [-0.05, 0) is 50.7 Å². The minimum absolute atomic E-state index is 0.260. The van der Waals surface area contributed by atoms with Crippen molar-refractivity contribution in [2.24, 2.45) is 0 Å². The molecule has 0 aromatic carbocycles. The number of fused-ring (bicyclic) bond motifs is 1. The number of carbonyl (C=O) groups is 2. The molecule has 2 aromatic rings. The van der Waals surface area contributed by atoms with Gasteiger partial charge in [0.25, 0.3) is 5.91 Å². The fourth-order valence-corrected chi connectivity index (χ4v) is 4.20. The van der Waals surface area contributed by atoms with Crippen LogP contribution in [0.3, 0.4) is 0 Å². The minimum Gasteiger partial charge on any atom is -0.469 e. The second-order valence-electron chi connectivity index (χ2n) is 5.90. The molecule has 5 nitrogen and oxygen atoms in total. The van der Waals surface area contributed by atoms with Crippen LogP contribution in [0.5, 0.6) is 0 Å². The number of esters is 1. The van der Waals surface area contributed by atoms with Crippen molar-refractivity contribution in [1.82, 2.24) is 0 Å². The molecule has 2 aromatic heterocycles. The standard InChI is InChI=1S/C18H21NO4S/c1-3-9-23-18(21)15-13-6-4-5-7-14(13)24-17(15)19-16(20)12-8-10-22-11(12)2/h8,10H,3-7,9H2,1-2H3,(H,19,20). The summed E-state index contributed by atoms with van der Waals surface area (Å²) in [4.78, 5) is 26.2. The van der Waals surface area contributed by atoms with E-state index in [2.05, 4.69) is 5.32 Å². The van der Waals surface area contributed by atoms with Gasteiger partial charge in [0.15, 0.2) is 0 Å². The zero-order chi connectivity index (χ0) is 17.1. The normalized spacial score (nSPS) is 13.4. The third-order valence-electron chi connectivity index (χ3n) is 4.14. The fraction of sp³-hybridized carbons (Fsp3) is 0.444. The van der Waals surface area contributed by atoms with E-state index >= 15 is 0 Å². The molecule has 1 amide bonds. The second-order valence-corrected chi connectivity index (χ2v) is 7.00. The highest BCUT2D eigenvalue weighted by atomic mass is 32.1. The van der Waals surface area contributed by atoms with Gasteiger partial charge >= 0.3 is 5.97 Å². The Hall–Kier alpha value is -2.08. The third-order valence-corrected chi connectivity index (χ3v) is 5.35. The molecule has 24 heavy (non-hydrogen) atoms. The maximum Gasteiger partial charge on any atom is 0.341 e. The zero-order valence-electron chi connectivity index (χ0n) is 13.9. The van der Waals surface area contributed by atoms with E-state index in [1.165, 1.54) is 22.5 Å².